The number of carbonyl (C=O) groups is 1. The van der Waals surface area contributed by atoms with E-state index in [0.717, 1.165) is 26.1 Å². The number of nitrogens with one attached hydrogen (secondary N) is 1. The zero-order chi connectivity index (χ0) is 12.4. The average molecular weight is 232 g/mol. The molecular formula is C11H24N2O3. The molecule has 0 amide bonds. The van der Waals surface area contributed by atoms with Gasteiger partial charge in [-0.15, -0.1) is 0 Å². The maximum atomic E-state index is 10.8. The molecule has 0 aliphatic rings. The minimum Gasteiger partial charge on any atom is -0.480 e. The summed E-state index contributed by atoms with van der Waals surface area (Å²) in [5.41, 5.74) is 0. The van der Waals surface area contributed by atoms with Crippen LogP contribution in [0.1, 0.15) is 20.3 Å². The Labute approximate surface area is 97.8 Å². The van der Waals surface area contributed by atoms with E-state index in [4.69, 9.17) is 9.84 Å². The van der Waals surface area contributed by atoms with Crippen LogP contribution in [-0.2, 0) is 9.53 Å². The van der Waals surface area contributed by atoms with Gasteiger partial charge >= 0.3 is 5.97 Å². The van der Waals surface area contributed by atoms with Crippen molar-refractivity contribution < 1.29 is 14.6 Å². The molecule has 0 aromatic heterocycles. The highest BCUT2D eigenvalue weighted by atomic mass is 16.5. The molecule has 1 atom stereocenters. The minimum absolute atomic E-state index is 0.209. The van der Waals surface area contributed by atoms with Crippen LogP contribution in [0.3, 0.4) is 0 Å². The molecule has 2 N–H and O–H groups in total. The third-order valence-corrected chi connectivity index (χ3v) is 2.57. The maximum Gasteiger partial charge on any atom is 0.323 e. The molecule has 0 radical (unpaired) electrons. The molecule has 0 aliphatic heterocycles. The quantitative estimate of drug-likeness (QED) is 0.534. The van der Waals surface area contributed by atoms with Crippen molar-refractivity contribution in [1.82, 2.24) is 10.2 Å². The maximum absolute atomic E-state index is 10.8. The van der Waals surface area contributed by atoms with E-state index in [2.05, 4.69) is 24.1 Å². The Morgan fingerprint density at radius 2 is 2.06 bits per heavy atom. The number of carboxylic acids is 1. The van der Waals surface area contributed by atoms with Gasteiger partial charge in [0.15, 0.2) is 0 Å². The van der Waals surface area contributed by atoms with E-state index in [-0.39, 0.29) is 6.61 Å². The molecule has 0 spiro atoms. The largest absolute Gasteiger partial charge is 0.480 e. The zero-order valence-corrected chi connectivity index (χ0v) is 10.5. The standard InChI is InChI=1S/C11H24N2O3/c1-4-13(5-2)8-6-7-12-10(9-16-3)11(14)15/h10,12H,4-9H2,1-3H3,(H,14,15). The summed E-state index contributed by atoms with van der Waals surface area (Å²) in [6, 6.07) is -0.596. The molecule has 0 fully saturated rings. The molecule has 0 bridgehead atoms. The van der Waals surface area contributed by atoms with Gasteiger partial charge in [-0.1, -0.05) is 13.8 Å². The van der Waals surface area contributed by atoms with Gasteiger partial charge in [0.1, 0.15) is 6.04 Å². The van der Waals surface area contributed by atoms with Gasteiger partial charge in [0.2, 0.25) is 0 Å². The van der Waals surface area contributed by atoms with E-state index < -0.39 is 12.0 Å². The summed E-state index contributed by atoms with van der Waals surface area (Å²) >= 11 is 0. The monoisotopic (exact) mass is 232 g/mol. The van der Waals surface area contributed by atoms with Gasteiger partial charge in [0.25, 0.3) is 0 Å². The minimum atomic E-state index is -0.857. The summed E-state index contributed by atoms with van der Waals surface area (Å²) in [5, 5.41) is 11.8. The summed E-state index contributed by atoms with van der Waals surface area (Å²) < 4.78 is 4.83. The van der Waals surface area contributed by atoms with Gasteiger partial charge in [-0.2, -0.15) is 0 Å². The third kappa shape index (κ3) is 6.76. The van der Waals surface area contributed by atoms with Gasteiger partial charge in [0, 0.05) is 7.11 Å². The number of methoxy groups -OCH3 is 1. The van der Waals surface area contributed by atoms with Gasteiger partial charge in [-0.05, 0) is 32.6 Å². The molecule has 96 valence electrons. The number of hydrogen-bond acceptors (Lipinski definition) is 4. The van der Waals surface area contributed by atoms with Crippen LogP contribution in [0.15, 0.2) is 0 Å². The number of carboxylic acid groups (broad SMARTS) is 1. The highest BCUT2D eigenvalue weighted by Gasteiger charge is 2.15. The number of ether oxygens (including phenoxy) is 1. The predicted octanol–water partition coefficient (Wildman–Crippen LogP) is 0.408. The van der Waals surface area contributed by atoms with E-state index in [1.54, 1.807) is 0 Å². The summed E-state index contributed by atoms with van der Waals surface area (Å²) in [7, 11) is 1.51. The SMILES string of the molecule is CCN(CC)CCCNC(COC)C(=O)O. The first-order valence-electron chi connectivity index (χ1n) is 5.83. The Kier molecular flexibility index (Phi) is 9.18. The Hall–Kier alpha value is -0.650. The molecule has 16 heavy (non-hydrogen) atoms. The highest BCUT2D eigenvalue weighted by molar-refractivity contribution is 5.73. The Bertz CT molecular complexity index is 184. The number of rotatable bonds is 10. The molecule has 5 heteroatoms. The zero-order valence-electron chi connectivity index (χ0n) is 10.5. The molecule has 0 aromatic carbocycles. The molecule has 1 unspecified atom stereocenters. The van der Waals surface area contributed by atoms with Crippen molar-refractivity contribution in [3.8, 4) is 0 Å². The van der Waals surface area contributed by atoms with E-state index in [1.165, 1.54) is 7.11 Å². The third-order valence-electron chi connectivity index (χ3n) is 2.57. The van der Waals surface area contributed by atoms with Crippen molar-refractivity contribution in [2.45, 2.75) is 26.3 Å². The molecular weight excluding hydrogens is 208 g/mol. The first kappa shape index (κ1) is 15.3. The Morgan fingerprint density at radius 1 is 1.44 bits per heavy atom. The number of hydrogen-bond donors (Lipinski definition) is 2. The average Bonchev–Trinajstić information content (AvgIpc) is 2.27. The van der Waals surface area contributed by atoms with Crippen molar-refractivity contribution >= 4 is 5.97 Å². The van der Waals surface area contributed by atoms with Gasteiger partial charge in [0.05, 0.1) is 6.61 Å². The normalized spacial score (nSPS) is 13.0. The lowest BCUT2D eigenvalue weighted by Crippen LogP contribution is -2.41. The molecule has 0 saturated heterocycles. The van der Waals surface area contributed by atoms with Crippen molar-refractivity contribution in [2.24, 2.45) is 0 Å². The van der Waals surface area contributed by atoms with Crippen molar-refractivity contribution in [1.29, 1.82) is 0 Å². The highest BCUT2D eigenvalue weighted by Crippen LogP contribution is 1.91. The van der Waals surface area contributed by atoms with Crippen LogP contribution in [0.4, 0.5) is 0 Å². The van der Waals surface area contributed by atoms with Crippen LogP contribution >= 0.6 is 0 Å². The molecule has 0 aromatic rings. The molecule has 0 saturated carbocycles. The van der Waals surface area contributed by atoms with E-state index in [1.807, 2.05) is 0 Å². The summed E-state index contributed by atoms with van der Waals surface area (Å²) in [6.07, 6.45) is 0.954. The van der Waals surface area contributed by atoms with Crippen LogP contribution in [-0.4, -0.2) is 61.9 Å². The van der Waals surface area contributed by atoms with Crippen LogP contribution in [0.5, 0.6) is 0 Å². The van der Waals surface area contributed by atoms with Gasteiger partial charge in [-0.25, -0.2) is 0 Å². The fourth-order valence-electron chi connectivity index (χ4n) is 1.50. The van der Waals surface area contributed by atoms with E-state index in [0.29, 0.717) is 6.54 Å². The molecule has 0 aliphatic carbocycles. The topological polar surface area (TPSA) is 61.8 Å². The number of nitrogens with zero attached hydrogens (tertiary/aromatic N) is 1. The van der Waals surface area contributed by atoms with Crippen LogP contribution < -0.4 is 5.32 Å². The molecule has 0 heterocycles. The first-order chi connectivity index (χ1) is 7.65. The van der Waals surface area contributed by atoms with Crippen molar-refractivity contribution in [2.75, 3.05) is 39.9 Å². The van der Waals surface area contributed by atoms with Crippen LogP contribution in [0, 0.1) is 0 Å². The lowest BCUT2D eigenvalue weighted by Gasteiger charge is -2.19. The summed E-state index contributed by atoms with van der Waals surface area (Å²) in [4.78, 5) is 13.1. The van der Waals surface area contributed by atoms with Crippen molar-refractivity contribution in [3.63, 3.8) is 0 Å². The Balaban J connectivity index is 3.65. The fraction of sp³-hybridized carbons (Fsp3) is 0.909. The van der Waals surface area contributed by atoms with Crippen LogP contribution in [0.25, 0.3) is 0 Å². The second kappa shape index (κ2) is 9.57. The Morgan fingerprint density at radius 3 is 2.50 bits per heavy atom. The second-order valence-electron chi connectivity index (χ2n) is 3.68. The van der Waals surface area contributed by atoms with Gasteiger partial charge < -0.3 is 20.1 Å². The number of aliphatic carboxylic acids is 1. The van der Waals surface area contributed by atoms with Crippen LogP contribution in [0.2, 0.25) is 0 Å². The second-order valence-corrected chi connectivity index (χ2v) is 3.68. The fourth-order valence-corrected chi connectivity index (χ4v) is 1.50. The smallest absolute Gasteiger partial charge is 0.323 e. The van der Waals surface area contributed by atoms with E-state index in [9.17, 15) is 4.79 Å². The lowest BCUT2D eigenvalue weighted by molar-refractivity contribution is -0.140. The van der Waals surface area contributed by atoms with Crippen molar-refractivity contribution in [3.05, 3.63) is 0 Å². The lowest BCUT2D eigenvalue weighted by atomic mass is 10.3. The molecule has 0 rings (SSSR count). The summed E-state index contributed by atoms with van der Waals surface area (Å²) in [6.45, 7) is 8.24. The predicted molar refractivity (Wildman–Crippen MR) is 63.7 cm³/mol. The molecule has 5 nitrogen and oxygen atoms in total. The first-order valence-corrected chi connectivity index (χ1v) is 5.83. The van der Waals surface area contributed by atoms with E-state index >= 15 is 0 Å². The van der Waals surface area contributed by atoms with Gasteiger partial charge in [-0.3, -0.25) is 4.79 Å². The summed E-state index contributed by atoms with van der Waals surface area (Å²) in [5.74, 6) is -0.857.